The van der Waals surface area contributed by atoms with Crippen LogP contribution in [-0.4, -0.2) is 32.4 Å². The molecule has 4 rings (SSSR count). The third-order valence-electron chi connectivity index (χ3n) is 7.27. The topological polar surface area (TPSA) is 18.5 Å². The van der Waals surface area contributed by atoms with Gasteiger partial charge in [-0.3, -0.25) is 0 Å². The van der Waals surface area contributed by atoms with Gasteiger partial charge in [0.05, 0.1) is 0 Å². The first-order chi connectivity index (χ1) is 19.9. The summed E-state index contributed by atoms with van der Waals surface area (Å²) in [6.45, 7) is 5.01. The van der Waals surface area contributed by atoms with Gasteiger partial charge in [-0.2, -0.15) is 0 Å². The van der Waals surface area contributed by atoms with Crippen LogP contribution in [0, 0.1) is 23.3 Å². The van der Waals surface area contributed by atoms with Crippen LogP contribution in [0.3, 0.4) is 0 Å². The Morgan fingerprint density at radius 1 is 0.463 bits per heavy atom. The SMILES string of the molecule is CCCC[O][Sn]([O]CCCC)([CH](c1ccc(F)cc1)c1ccc(F)cc1)[CH](c1ccc(F)cc1)c1ccc(F)cc1. The average Bonchev–Trinajstić information content (AvgIpc) is 2.97. The Morgan fingerprint density at radius 2 is 0.707 bits per heavy atom. The normalized spacial score (nSPS) is 11.9. The second kappa shape index (κ2) is 15.0. The van der Waals surface area contributed by atoms with E-state index in [1.165, 1.54) is 48.5 Å². The van der Waals surface area contributed by atoms with Gasteiger partial charge in [0.15, 0.2) is 0 Å². The van der Waals surface area contributed by atoms with Gasteiger partial charge in [0.1, 0.15) is 0 Å². The van der Waals surface area contributed by atoms with E-state index in [2.05, 4.69) is 13.8 Å². The summed E-state index contributed by atoms with van der Waals surface area (Å²) in [4.78, 5) is 0. The van der Waals surface area contributed by atoms with E-state index >= 15 is 0 Å². The minimum atomic E-state index is -4.77. The predicted octanol–water partition coefficient (Wildman–Crippen LogP) is 9.36. The molecular formula is C34H36F4O2Sn. The van der Waals surface area contributed by atoms with Crippen LogP contribution in [0.2, 0.25) is 0 Å². The molecule has 0 aliphatic carbocycles. The molecule has 4 aromatic carbocycles. The second-order valence-electron chi connectivity index (χ2n) is 10.2. The van der Waals surface area contributed by atoms with Gasteiger partial charge < -0.3 is 0 Å². The molecule has 0 aromatic heterocycles. The zero-order chi connectivity index (χ0) is 29.2. The van der Waals surface area contributed by atoms with Crippen LogP contribution in [-0.2, 0) is 6.15 Å². The molecule has 0 radical (unpaired) electrons. The molecule has 0 aliphatic rings. The first-order valence-corrected chi connectivity index (χ1v) is 19.8. The quantitative estimate of drug-likeness (QED) is 0.0756. The molecule has 0 amide bonds. The minimum absolute atomic E-state index is 0.375. The molecule has 0 unspecified atom stereocenters. The average molecular weight is 671 g/mol. The number of benzene rings is 4. The van der Waals surface area contributed by atoms with Crippen molar-refractivity contribution in [1.29, 1.82) is 0 Å². The molecule has 0 saturated heterocycles. The van der Waals surface area contributed by atoms with Crippen molar-refractivity contribution in [3.05, 3.63) is 143 Å². The zero-order valence-electron chi connectivity index (χ0n) is 23.5. The van der Waals surface area contributed by atoms with Gasteiger partial charge in [-0.15, -0.1) is 0 Å². The fourth-order valence-electron chi connectivity index (χ4n) is 5.23. The number of hydrogen-bond donors (Lipinski definition) is 0. The van der Waals surface area contributed by atoms with Gasteiger partial charge in [0.25, 0.3) is 0 Å². The van der Waals surface area contributed by atoms with Gasteiger partial charge in [0.2, 0.25) is 0 Å². The molecule has 0 saturated carbocycles. The maximum absolute atomic E-state index is 14.2. The van der Waals surface area contributed by atoms with Crippen LogP contribution in [0.15, 0.2) is 97.1 Å². The second-order valence-corrected chi connectivity index (χ2v) is 19.3. The first kappa shape index (κ1) is 31.3. The molecule has 41 heavy (non-hydrogen) atoms. The van der Waals surface area contributed by atoms with E-state index in [0.29, 0.717) is 13.2 Å². The fraction of sp³-hybridized carbons (Fsp3) is 0.294. The van der Waals surface area contributed by atoms with Gasteiger partial charge in [-0.1, -0.05) is 0 Å². The summed E-state index contributed by atoms with van der Waals surface area (Å²) < 4.78 is 70.1. The van der Waals surface area contributed by atoms with Gasteiger partial charge >= 0.3 is 246 Å². The van der Waals surface area contributed by atoms with Crippen LogP contribution in [0.4, 0.5) is 17.6 Å². The van der Waals surface area contributed by atoms with E-state index in [1.54, 1.807) is 48.5 Å². The Balaban J connectivity index is 2.06. The van der Waals surface area contributed by atoms with Crippen LogP contribution in [0.25, 0.3) is 0 Å². The van der Waals surface area contributed by atoms with Crippen LogP contribution in [0.5, 0.6) is 0 Å². The Bertz CT molecular complexity index is 1150. The molecule has 0 fully saturated rings. The molecule has 0 aliphatic heterocycles. The van der Waals surface area contributed by atoms with Crippen LogP contribution < -0.4 is 0 Å². The molecule has 0 heterocycles. The van der Waals surface area contributed by atoms with E-state index in [9.17, 15) is 17.6 Å². The molecule has 2 nitrogen and oxygen atoms in total. The van der Waals surface area contributed by atoms with Crippen molar-refractivity contribution in [2.24, 2.45) is 0 Å². The summed E-state index contributed by atoms with van der Waals surface area (Å²) >= 11 is -4.77. The first-order valence-electron chi connectivity index (χ1n) is 14.2. The Labute approximate surface area is 245 Å². The Morgan fingerprint density at radius 3 is 0.927 bits per heavy atom. The zero-order valence-corrected chi connectivity index (χ0v) is 26.3. The van der Waals surface area contributed by atoms with Gasteiger partial charge in [-0.05, 0) is 0 Å². The predicted molar refractivity (Wildman–Crippen MR) is 157 cm³/mol. The van der Waals surface area contributed by atoms with Crippen molar-refractivity contribution in [1.82, 2.24) is 0 Å². The standard InChI is InChI=1S/2C13H9F2.2C4H9O.Sn/c2*14-12-5-1-10(2-6-12)9-11-3-7-13(15)8-4-11;2*1-2-3-4-5;/h2*1-9H;2*2-4H2,1H3;/q;;2*-1;+2. The molecule has 0 spiro atoms. The summed E-state index contributed by atoms with van der Waals surface area (Å²) in [6, 6.07) is 25.1. The number of hydrogen-bond acceptors (Lipinski definition) is 2. The van der Waals surface area contributed by atoms with Gasteiger partial charge in [0, 0.05) is 0 Å². The van der Waals surface area contributed by atoms with E-state index in [1.807, 2.05) is 0 Å². The Hall–Kier alpha value is -2.68. The summed E-state index contributed by atoms with van der Waals surface area (Å²) in [5, 5.41) is 0. The summed E-state index contributed by atoms with van der Waals surface area (Å²) in [6.07, 6.45) is 3.36. The summed E-state index contributed by atoms with van der Waals surface area (Å²) in [5.74, 6) is -1.50. The molecule has 7 heteroatoms. The number of halogens is 4. The molecular weight excluding hydrogens is 635 g/mol. The van der Waals surface area contributed by atoms with E-state index in [-0.39, 0.29) is 23.3 Å². The molecule has 0 bridgehead atoms. The molecule has 216 valence electrons. The monoisotopic (exact) mass is 672 g/mol. The van der Waals surface area contributed by atoms with Crippen molar-refractivity contribution in [2.75, 3.05) is 13.2 Å². The van der Waals surface area contributed by atoms with E-state index in [4.69, 9.17) is 6.15 Å². The van der Waals surface area contributed by atoms with Crippen molar-refractivity contribution in [3.63, 3.8) is 0 Å². The third kappa shape index (κ3) is 7.79. The van der Waals surface area contributed by atoms with E-state index < -0.39 is 27.1 Å². The maximum atomic E-state index is 14.2. The molecule has 0 N–H and O–H groups in total. The third-order valence-corrected chi connectivity index (χ3v) is 19.4. The van der Waals surface area contributed by atoms with E-state index in [0.717, 1.165) is 47.9 Å². The number of rotatable bonds is 14. The fourth-order valence-corrected chi connectivity index (χ4v) is 18.5. The van der Waals surface area contributed by atoms with Crippen LogP contribution >= 0.6 is 0 Å². The van der Waals surface area contributed by atoms with Crippen LogP contribution in [0.1, 0.15) is 69.7 Å². The van der Waals surface area contributed by atoms with Crippen molar-refractivity contribution < 1.29 is 23.7 Å². The molecule has 4 aromatic rings. The molecule has 0 atom stereocenters. The summed E-state index contributed by atoms with van der Waals surface area (Å²) in [7, 11) is 0. The van der Waals surface area contributed by atoms with Crippen molar-refractivity contribution >= 4 is 19.2 Å². The van der Waals surface area contributed by atoms with Crippen molar-refractivity contribution in [2.45, 2.75) is 47.4 Å². The van der Waals surface area contributed by atoms with Crippen molar-refractivity contribution in [3.8, 4) is 0 Å². The summed E-state index contributed by atoms with van der Waals surface area (Å²) in [5.41, 5.74) is 3.15. The van der Waals surface area contributed by atoms with Gasteiger partial charge in [-0.25, -0.2) is 0 Å². The Kier molecular flexibility index (Phi) is 11.4. The number of unbranched alkanes of at least 4 members (excludes halogenated alkanes) is 2.